The van der Waals surface area contributed by atoms with Crippen molar-refractivity contribution in [3.63, 3.8) is 0 Å². The van der Waals surface area contributed by atoms with Gasteiger partial charge in [-0.2, -0.15) is 0 Å². The number of hydrogen-bond acceptors (Lipinski definition) is 3. The molecule has 116 valence electrons. The highest BCUT2D eigenvalue weighted by atomic mass is 19.1. The van der Waals surface area contributed by atoms with Crippen molar-refractivity contribution < 1.29 is 13.6 Å². The third-order valence-electron chi connectivity index (χ3n) is 2.94. The van der Waals surface area contributed by atoms with Gasteiger partial charge in [0, 0.05) is 18.7 Å². The van der Waals surface area contributed by atoms with E-state index in [4.69, 9.17) is 5.84 Å². The van der Waals surface area contributed by atoms with Crippen LogP contribution in [0.3, 0.4) is 0 Å². The second-order valence-electron chi connectivity index (χ2n) is 4.58. The SMILES string of the molecule is C=Nc1cc(F)cc(F)c1N(N)C(=O)NCCCCCC. The monoisotopic (exact) mass is 298 g/mol. The number of nitrogens with one attached hydrogen (secondary N) is 1. The molecule has 1 rings (SSSR count). The molecule has 3 N–H and O–H groups in total. The quantitative estimate of drug-likeness (QED) is 0.267. The summed E-state index contributed by atoms with van der Waals surface area (Å²) in [6.45, 7) is 5.74. The van der Waals surface area contributed by atoms with E-state index in [0.717, 1.165) is 31.7 Å². The average Bonchev–Trinajstić information content (AvgIpc) is 2.45. The van der Waals surface area contributed by atoms with Crippen LogP contribution in [-0.2, 0) is 0 Å². The van der Waals surface area contributed by atoms with Crippen LogP contribution in [0.25, 0.3) is 0 Å². The predicted octanol–water partition coefficient (Wildman–Crippen LogP) is 3.27. The summed E-state index contributed by atoms with van der Waals surface area (Å²) in [7, 11) is 0. The standard InChI is InChI=1S/C14H20F2N4O/c1-3-4-5-6-7-19-14(21)20(17)13-11(16)8-10(15)9-12(13)18-2/h8-9H,2-7,17H2,1H3,(H,19,21). The molecule has 0 aliphatic carbocycles. The van der Waals surface area contributed by atoms with Gasteiger partial charge < -0.3 is 5.32 Å². The number of benzene rings is 1. The second kappa shape index (κ2) is 8.31. The number of hydrogen-bond donors (Lipinski definition) is 2. The normalized spacial score (nSPS) is 10.3. The maximum absolute atomic E-state index is 13.8. The number of nitrogens with zero attached hydrogens (tertiary/aromatic N) is 2. The first-order valence-corrected chi connectivity index (χ1v) is 6.79. The molecule has 1 aromatic rings. The maximum Gasteiger partial charge on any atom is 0.336 e. The van der Waals surface area contributed by atoms with Gasteiger partial charge in [0.05, 0.1) is 5.69 Å². The molecule has 0 radical (unpaired) electrons. The minimum absolute atomic E-state index is 0.129. The number of nitrogens with two attached hydrogens (primary N) is 1. The molecule has 0 aliphatic rings. The van der Waals surface area contributed by atoms with Crippen LogP contribution in [-0.4, -0.2) is 19.3 Å². The zero-order valence-electron chi connectivity index (χ0n) is 12.0. The number of halogens is 2. The Hall–Kier alpha value is -2.02. The Morgan fingerprint density at radius 3 is 2.71 bits per heavy atom. The Balaban J connectivity index is 2.72. The maximum atomic E-state index is 13.8. The van der Waals surface area contributed by atoms with Crippen LogP contribution >= 0.6 is 0 Å². The molecule has 0 atom stereocenters. The lowest BCUT2D eigenvalue weighted by Crippen LogP contribution is -2.45. The molecular formula is C14H20F2N4O. The van der Waals surface area contributed by atoms with Crippen LogP contribution < -0.4 is 16.2 Å². The molecule has 5 nitrogen and oxygen atoms in total. The number of unbranched alkanes of at least 4 members (excludes halogenated alkanes) is 3. The van der Waals surface area contributed by atoms with E-state index in [0.29, 0.717) is 17.6 Å². The van der Waals surface area contributed by atoms with Crippen LogP contribution in [0, 0.1) is 11.6 Å². The zero-order valence-corrected chi connectivity index (χ0v) is 12.0. The number of carbonyl (C=O) groups is 1. The van der Waals surface area contributed by atoms with Gasteiger partial charge in [-0.05, 0) is 13.1 Å². The van der Waals surface area contributed by atoms with Crippen molar-refractivity contribution in [2.24, 2.45) is 10.8 Å². The first kappa shape index (κ1) is 17.0. The molecule has 0 saturated carbocycles. The molecular weight excluding hydrogens is 278 g/mol. The van der Waals surface area contributed by atoms with Gasteiger partial charge >= 0.3 is 6.03 Å². The van der Waals surface area contributed by atoms with Crippen LogP contribution in [0.5, 0.6) is 0 Å². The van der Waals surface area contributed by atoms with Gasteiger partial charge in [-0.25, -0.2) is 24.4 Å². The molecule has 7 heteroatoms. The van der Waals surface area contributed by atoms with Crippen molar-refractivity contribution in [2.75, 3.05) is 11.6 Å². The van der Waals surface area contributed by atoms with Crippen molar-refractivity contribution in [1.29, 1.82) is 0 Å². The summed E-state index contributed by atoms with van der Waals surface area (Å²) < 4.78 is 26.9. The molecule has 0 fully saturated rings. The summed E-state index contributed by atoms with van der Waals surface area (Å²) in [5.74, 6) is 3.79. The third-order valence-corrected chi connectivity index (χ3v) is 2.94. The Bertz CT molecular complexity index is 508. The van der Waals surface area contributed by atoms with Gasteiger partial charge in [0.1, 0.15) is 11.5 Å². The highest BCUT2D eigenvalue weighted by Gasteiger charge is 2.20. The minimum atomic E-state index is -0.971. The molecule has 0 bridgehead atoms. The molecule has 21 heavy (non-hydrogen) atoms. The van der Waals surface area contributed by atoms with Gasteiger partial charge in [0.25, 0.3) is 0 Å². The Morgan fingerprint density at radius 1 is 1.38 bits per heavy atom. The molecule has 0 saturated heterocycles. The number of hydrazine groups is 1. The molecule has 0 aromatic heterocycles. The fourth-order valence-electron chi connectivity index (χ4n) is 1.85. The predicted molar refractivity (Wildman–Crippen MR) is 79.8 cm³/mol. The largest absolute Gasteiger partial charge is 0.337 e. The first-order chi connectivity index (χ1) is 10.0. The number of aliphatic imine (C=N–C) groups is 1. The molecule has 2 amide bonds. The summed E-state index contributed by atoms with van der Waals surface area (Å²) >= 11 is 0. The molecule has 1 aromatic carbocycles. The molecule has 0 aliphatic heterocycles. The van der Waals surface area contributed by atoms with E-state index in [9.17, 15) is 13.6 Å². The van der Waals surface area contributed by atoms with Crippen LogP contribution in [0.4, 0.5) is 25.0 Å². The van der Waals surface area contributed by atoms with Crippen LogP contribution in [0.1, 0.15) is 32.6 Å². The number of anilines is 1. The van der Waals surface area contributed by atoms with Gasteiger partial charge in [-0.15, -0.1) is 0 Å². The van der Waals surface area contributed by atoms with Crippen LogP contribution in [0.15, 0.2) is 17.1 Å². The van der Waals surface area contributed by atoms with E-state index >= 15 is 0 Å². The van der Waals surface area contributed by atoms with E-state index in [1.165, 1.54) is 0 Å². The average molecular weight is 298 g/mol. The highest BCUT2D eigenvalue weighted by molar-refractivity contribution is 5.94. The van der Waals surface area contributed by atoms with Crippen LogP contribution in [0.2, 0.25) is 0 Å². The summed E-state index contributed by atoms with van der Waals surface area (Å²) in [4.78, 5) is 15.3. The summed E-state index contributed by atoms with van der Waals surface area (Å²) in [6.07, 6.45) is 3.98. The van der Waals surface area contributed by atoms with E-state index in [1.54, 1.807) is 0 Å². The fraction of sp³-hybridized carbons (Fsp3) is 0.429. The summed E-state index contributed by atoms with van der Waals surface area (Å²) in [6, 6.07) is 0.917. The molecule has 0 unspecified atom stereocenters. The molecule has 0 spiro atoms. The first-order valence-electron chi connectivity index (χ1n) is 6.79. The van der Waals surface area contributed by atoms with Gasteiger partial charge in [0.2, 0.25) is 0 Å². The van der Waals surface area contributed by atoms with Crippen molar-refractivity contribution in [1.82, 2.24) is 5.32 Å². The van der Waals surface area contributed by atoms with Crippen molar-refractivity contribution >= 4 is 24.1 Å². The lowest BCUT2D eigenvalue weighted by molar-refractivity contribution is 0.246. The number of carbonyl (C=O) groups excluding carboxylic acids is 1. The topological polar surface area (TPSA) is 70.7 Å². The van der Waals surface area contributed by atoms with Gasteiger partial charge in [0.15, 0.2) is 5.82 Å². The third kappa shape index (κ3) is 4.78. The molecule has 0 heterocycles. The lowest BCUT2D eigenvalue weighted by Gasteiger charge is -2.19. The van der Waals surface area contributed by atoms with Crippen molar-refractivity contribution in [3.05, 3.63) is 23.8 Å². The number of amides is 2. The second-order valence-corrected chi connectivity index (χ2v) is 4.58. The van der Waals surface area contributed by atoms with E-state index in [2.05, 4.69) is 24.0 Å². The van der Waals surface area contributed by atoms with Crippen molar-refractivity contribution in [2.45, 2.75) is 32.6 Å². The van der Waals surface area contributed by atoms with E-state index in [-0.39, 0.29) is 11.4 Å². The Kier molecular flexibility index (Phi) is 6.74. The smallest absolute Gasteiger partial charge is 0.336 e. The summed E-state index contributed by atoms with van der Waals surface area (Å²) in [5.41, 5.74) is -0.436. The zero-order chi connectivity index (χ0) is 15.8. The Morgan fingerprint density at radius 2 is 2.10 bits per heavy atom. The van der Waals surface area contributed by atoms with Gasteiger partial charge in [-0.1, -0.05) is 26.2 Å². The summed E-state index contributed by atoms with van der Waals surface area (Å²) in [5, 5.41) is 3.15. The lowest BCUT2D eigenvalue weighted by atomic mass is 10.2. The highest BCUT2D eigenvalue weighted by Crippen LogP contribution is 2.31. The fourth-order valence-corrected chi connectivity index (χ4v) is 1.85. The Labute approximate surface area is 122 Å². The van der Waals surface area contributed by atoms with Crippen molar-refractivity contribution in [3.8, 4) is 0 Å². The van der Waals surface area contributed by atoms with Gasteiger partial charge in [-0.3, -0.25) is 4.99 Å². The van der Waals surface area contributed by atoms with E-state index in [1.807, 2.05) is 0 Å². The number of urea groups is 1. The van der Waals surface area contributed by atoms with E-state index < -0.39 is 17.7 Å². The minimum Gasteiger partial charge on any atom is -0.337 e. The number of rotatable bonds is 7.